The van der Waals surface area contributed by atoms with Gasteiger partial charge in [-0.1, -0.05) is 66.7 Å². The molecule has 27 heavy (non-hydrogen) atoms. The molecule has 3 aromatic carbocycles. The van der Waals surface area contributed by atoms with E-state index in [0.717, 1.165) is 16.7 Å². The lowest BCUT2D eigenvalue weighted by Gasteiger charge is -2.14. The van der Waals surface area contributed by atoms with Crippen molar-refractivity contribution < 1.29 is 4.92 Å². The highest BCUT2D eigenvalue weighted by molar-refractivity contribution is 5.80. The second kappa shape index (κ2) is 8.92. The largest absolute Gasteiger partial charge is 0.307 e. The lowest BCUT2D eigenvalue weighted by atomic mass is 9.97. The van der Waals surface area contributed by atoms with Crippen LogP contribution < -0.4 is 5.32 Å². The van der Waals surface area contributed by atoms with E-state index in [0.29, 0.717) is 6.54 Å². The smallest absolute Gasteiger partial charge is 0.269 e. The lowest BCUT2D eigenvalue weighted by molar-refractivity contribution is -0.384. The van der Waals surface area contributed by atoms with Crippen LogP contribution in [0.3, 0.4) is 0 Å². The Labute approximate surface area is 159 Å². The standard InChI is InChI=1S/C23H22N2O2/c1-18(19-8-4-2-5-9-19)24-17-16-23(20-10-6-3-7-11-20)21-12-14-22(15-13-21)25(26)27/h2-16,18,24H,17H2,1H3. The van der Waals surface area contributed by atoms with Crippen LogP contribution in [0, 0.1) is 10.1 Å². The van der Waals surface area contributed by atoms with E-state index in [1.165, 1.54) is 5.56 Å². The van der Waals surface area contributed by atoms with Crippen LogP contribution in [0.2, 0.25) is 0 Å². The highest BCUT2D eigenvalue weighted by Crippen LogP contribution is 2.25. The summed E-state index contributed by atoms with van der Waals surface area (Å²) in [5, 5.41) is 14.4. The van der Waals surface area contributed by atoms with Crippen LogP contribution >= 0.6 is 0 Å². The fraction of sp³-hybridized carbons (Fsp3) is 0.130. The van der Waals surface area contributed by atoms with Gasteiger partial charge in [-0.3, -0.25) is 10.1 Å². The molecule has 0 radical (unpaired) electrons. The number of nitro groups is 1. The minimum atomic E-state index is -0.376. The molecule has 4 heteroatoms. The van der Waals surface area contributed by atoms with Crippen LogP contribution in [0.4, 0.5) is 5.69 Å². The van der Waals surface area contributed by atoms with Crippen molar-refractivity contribution in [1.29, 1.82) is 0 Å². The zero-order valence-corrected chi connectivity index (χ0v) is 15.2. The van der Waals surface area contributed by atoms with Crippen molar-refractivity contribution in [3.8, 4) is 0 Å². The summed E-state index contributed by atoms with van der Waals surface area (Å²) in [6.07, 6.45) is 2.13. The molecule has 0 aromatic heterocycles. The monoisotopic (exact) mass is 358 g/mol. The van der Waals surface area contributed by atoms with Gasteiger partial charge < -0.3 is 5.32 Å². The first-order valence-electron chi connectivity index (χ1n) is 8.94. The summed E-state index contributed by atoms with van der Waals surface area (Å²) in [6, 6.07) is 27.3. The predicted octanol–water partition coefficient (Wildman–Crippen LogP) is 5.38. The summed E-state index contributed by atoms with van der Waals surface area (Å²) in [5.74, 6) is 0. The maximum atomic E-state index is 10.9. The number of nitrogens with zero attached hydrogens (tertiary/aromatic N) is 1. The van der Waals surface area contributed by atoms with Crippen LogP contribution in [0.25, 0.3) is 5.57 Å². The van der Waals surface area contributed by atoms with Crippen LogP contribution in [-0.2, 0) is 0 Å². The molecule has 0 amide bonds. The van der Waals surface area contributed by atoms with E-state index < -0.39 is 0 Å². The molecule has 1 unspecified atom stereocenters. The molecule has 0 aliphatic carbocycles. The van der Waals surface area contributed by atoms with Crippen molar-refractivity contribution in [3.63, 3.8) is 0 Å². The number of hydrogen-bond acceptors (Lipinski definition) is 3. The van der Waals surface area contributed by atoms with Crippen molar-refractivity contribution in [2.24, 2.45) is 0 Å². The molecule has 0 saturated heterocycles. The van der Waals surface area contributed by atoms with E-state index in [9.17, 15) is 10.1 Å². The van der Waals surface area contributed by atoms with Crippen molar-refractivity contribution in [3.05, 3.63) is 118 Å². The van der Waals surface area contributed by atoms with Gasteiger partial charge in [0.05, 0.1) is 4.92 Å². The minimum absolute atomic E-state index is 0.0991. The van der Waals surface area contributed by atoms with Gasteiger partial charge in [0.15, 0.2) is 0 Å². The van der Waals surface area contributed by atoms with E-state index in [1.807, 2.05) is 48.5 Å². The maximum absolute atomic E-state index is 10.9. The Morgan fingerprint density at radius 3 is 2.07 bits per heavy atom. The zero-order valence-electron chi connectivity index (χ0n) is 15.2. The van der Waals surface area contributed by atoms with E-state index in [1.54, 1.807) is 24.3 Å². The summed E-state index contributed by atoms with van der Waals surface area (Å²) in [6.45, 7) is 2.83. The molecule has 4 nitrogen and oxygen atoms in total. The van der Waals surface area contributed by atoms with Gasteiger partial charge >= 0.3 is 0 Å². The van der Waals surface area contributed by atoms with E-state index in [-0.39, 0.29) is 16.7 Å². The van der Waals surface area contributed by atoms with Crippen LogP contribution in [0.1, 0.15) is 29.7 Å². The maximum Gasteiger partial charge on any atom is 0.269 e. The molecule has 0 heterocycles. The van der Waals surface area contributed by atoms with Gasteiger partial charge in [0.2, 0.25) is 0 Å². The number of rotatable bonds is 7. The molecule has 0 aliphatic rings. The number of nitro benzene ring substituents is 1. The Morgan fingerprint density at radius 1 is 0.926 bits per heavy atom. The van der Waals surface area contributed by atoms with Gasteiger partial charge in [-0.15, -0.1) is 0 Å². The quantitative estimate of drug-likeness (QED) is 0.456. The average Bonchev–Trinajstić information content (AvgIpc) is 2.72. The second-order valence-electron chi connectivity index (χ2n) is 6.33. The molecule has 0 aliphatic heterocycles. The number of nitrogens with one attached hydrogen (secondary N) is 1. The summed E-state index contributed by atoms with van der Waals surface area (Å²) >= 11 is 0. The van der Waals surface area contributed by atoms with Crippen molar-refractivity contribution in [1.82, 2.24) is 5.32 Å². The molecule has 0 saturated carbocycles. The molecule has 1 atom stereocenters. The molecule has 136 valence electrons. The number of benzene rings is 3. The van der Waals surface area contributed by atoms with Gasteiger partial charge in [0.1, 0.15) is 0 Å². The molecular formula is C23H22N2O2. The van der Waals surface area contributed by atoms with E-state index >= 15 is 0 Å². The molecule has 1 N–H and O–H groups in total. The first-order valence-corrected chi connectivity index (χ1v) is 8.94. The van der Waals surface area contributed by atoms with Gasteiger partial charge in [0, 0.05) is 24.7 Å². The van der Waals surface area contributed by atoms with Crippen molar-refractivity contribution in [2.75, 3.05) is 6.54 Å². The SMILES string of the molecule is CC(NCC=C(c1ccccc1)c1ccc([N+](=O)[O-])cc1)c1ccccc1. The third-order valence-electron chi connectivity index (χ3n) is 4.50. The predicted molar refractivity (Wildman–Crippen MR) is 109 cm³/mol. The molecule has 0 spiro atoms. The summed E-state index contributed by atoms with van der Waals surface area (Å²) < 4.78 is 0. The Kier molecular flexibility index (Phi) is 6.13. The first-order chi connectivity index (χ1) is 13.1. The van der Waals surface area contributed by atoms with Crippen LogP contribution in [-0.4, -0.2) is 11.5 Å². The fourth-order valence-corrected chi connectivity index (χ4v) is 2.98. The lowest BCUT2D eigenvalue weighted by Crippen LogP contribution is -2.18. The summed E-state index contributed by atoms with van der Waals surface area (Å²) in [7, 11) is 0. The minimum Gasteiger partial charge on any atom is -0.307 e. The second-order valence-corrected chi connectivity index (χ2v) is 6.33. The fourth-order valence-electron chi connectivity index (χ4n) is 2.98. The highest BCUT2D eigenvalue weighted by Gasteiger charge is 2.09. The Morgan fingerprint density at radius 2 is 1.48 bits per heavy atom. The summed E-state index contributed by atoms with van der Waals surface area (Å²) in [5.41, 5.74) is 4.43. The normalized spacial score (nSPS) is 12.6. The van der Waals surface area contributed by atoms with Crippen molar-refractivity contribution >= 4 is 11.3 Å². The summed E-state index contributed by atoms with van der Waals surface area (Å²) in [4.78, 5) is 10.5. The molecule has 0 bridgehead atoms. The van der Waals surface area contributed by atoms with Gasteiger partial charge in [-0.2, -0.15) is 0 Å². The Bertz CT molecular complexity index is 904. The average molecular weight is 358 g/mol. The Balaban J connectivity index is 1.82. The van der Waals surface area contributed by atoms with Crippen LogP contribution in [0.5, 0.6) is 0 Å². The molecule has 3 aromatic rings. The van der Waals surface area contributed by atoms with Gasteiger partial charge in [-0.05, 0) is 41.3 Å². The van der Waals surface area contributed by atoms with Gasteiger partial charge in [0.25, 0.3) is 5.69 Å². The number of hydrogen-bond donors (Lipinski definition) is 1. The molecule has 3 rings (SSSR count). The highest BCUT2D eigenvalue weighted by atomic mass is 16.6. The third-order valence-corrected chi connectivity index (χ3v) is 4.50. The first kappa shape index (κ1) is 18.5. The van der Waals surface area contributed by atoms with E-state index in [4.69, 9.17) is 0 Å². The molecule has 0 fully saturated rings. The van der Waals surface area contributed by atoms with Crippen molar-refractivity contribution in [2.45, 2.75) is 13.0 Å². The number of non-ortho nitro benzene ring substituents is 1. The Hall–Kier alpha value is -3.24. The van der Waals surface area contributed by atoms with E-state index in [2.05, 4.69) is 30.4 Å². The molecular weight excluding hydrogens is 336 g/mol. The van der Waals surface area contributed by atoms with Gasteiger partial charge in [-0.25, -0.2) is 0 Å². The third kappa shape index (κ3) is 4.90. The topological polar surface area (TPSA) is 55.2 Å². The van der Waals surface area contributed by atoms with Crippen LogP contribution in [0.15, 0.2) is 91.0 Å². The zero-order chi connectivity index (χ0) is 19.1.